The van der Waals surface area contributed by atoms with Crippen LogP contribution in [0.25, 0.3) is 11.3 Å². The van der Waals surface area contributed by atoms with Gasteiger partial charge in [-0.25, -0.2) is 4.98 Å². The van der Waals surface area contributed by atoms with Gasteiger partial charge in [0.1, 0.15) is 11.6 Å². The first-order valence-corrected chi connectivity index (χ1v) is 10.3. The molecule has 0 aliphatic rings. The Balaban J connectivity index is 1.42. The lowest BCUT2D eigenvalue weighted by molar-refractivity contribution is -0.115. The van der Waals surface area contributed by atoms with Gasteiger partial charge in [-0.3, -0.25) is 14.4 Å². The maximum Gasteiger partial charge on any atom is 0.284 e. The molecule has 0 atom stereocenters. The van der Waals surface area contributed by atoms with E-state index in [0.717, 1.165) is 11.1 Å². The second kappa shape index (κ2) is 9.35. The quantitative estimate of drug-likeness (QED) is 0.404. The van der Waals surface area contributed by atoms with E-state index in [0.29, 0.717) is 35.0 Å². The first-order chi connectivity index (χ1) is 15.9. The number of amides is 2. The number of anilines is 1. The molecule has 0 saturated carbocycles. The van der Waals surface area contributed by atoms with Crippen LogP contribution in [-0.2, 0) is 17.6 Å². The lowest BCUT2D eigenvalue weighted by Crippen LogP contribution is -2.24. The van der Waals surface area contributed by atoms with Crippen LogP contribution < -0.4 is 16.6 Å². The van der Waals surface area contributed by atoms with E-state index in [-0.39, 0.29) is 23.6 Å². The second-order valence-corrected chi connectivity index (χ2v) is 7.57. The number of carbonyl (C=O) groups excluding carboxylic acids is 2. The Kier molecular flexibility index (Phi) is 6.17. The van der Waals surface area contributed by atoms with Gasteiger partial charge in [0.15, 0.2) is 5.76 Å². The summed E-state index contributed by atoms with van der Waals surface area (Å²) in [5.74, 6) is 0.152. The van der Waals surface area contributed by atoms with Gasteiger partial charge in [-0.15, -0.1) is 0 Å². The van der Waals surface area contributed by atoms with Gasteiger partial charge in [-0.2, -0.15) is 0 Å². The molecule has 2 amide bonds. The Labute approximate surface area is 189 Å². The van der Waals surface area contributed by atoms with E-state index >= 15 is 0 Å². The summed E-state index contributed by atoms with van der Waals surface area (Å²) in [6.07, 6.45) is 0.411. The number of nitrogens with zero attached hydrogens (tertiary/aromatic N) is 1. The van der Waals surface area contributed by atoms with E-state index < -0.39 is 5.91 Å². The molecule has 4 rings (SSSR count). The maximum atomic E-state index is 12.6. The summed E-state index contributed by atoms with van der Waals surface area (Å²) in [4.78, 5) is 43.5. The van der Waals surface area contributed by atoms with Crippen LogP contribution in [0.2, 0.25) is 0 Å². The van der Waals surface area contributed by atoms with E-state index in [1.807, 2.05) is 30.3 Å². The van der Waals surface area contributed by atoms with Gasteiger partial charge in [0.05, 0.1) is 6.42 Å². The molecule has 33 heavy (non-hydrogen) atoms. The summed E-state index contributed by atoms with van der Waals surface area (Å²) >= 11 is 0. The van der Waals surface area contributed by atoms with Crippen molar-refractivity contribution < 1.29 is 14.0 Å². The SMILES string of the molecule is Cc1nc(Cc2ccccc2)[nH]c(=O)c1CC(=O)Nc1ccc(-c2ccc(C(N)=O)o2)cc1. The number of H-pyrrole nitrogens is 1. The monoisotopic (exact) mass is 442 g/mol. The zero-order valence-electron chi connectivity index (χ0n) is 17.9. The van der Waals surface area contributed by atoms with E-state index in [4.69, 9.17) is 10.2 Å². The largest absolute Gasteiger partial charge is 0.451 e. The van der Waals surface area contributed by atoms with Gasteiger partial charge >= 0.3 is 0 Å². The first-order valence-electron chi connectivity index (χ1n) is 10.3. The van der Waals surface area contributed by atoms with Gasteiger partial charge in [0.2, 0.25) is 5.91 Å². The third-order valence-corrected chi connectivity index (χ3v) is 5.13. The fourth-order valence-electron chi connectivity index (χ4n) is 3.46. The molecule has 0 unspecified atom stereocenters. The molecule has 4 N–H and O–H groups in total. The topological polar surface area (TPSA) is 131 Å². The van der Waals surface area contributed by atoms with Gasteiger partial charge < -0.3 is 20.5 Å². The first kappa shape index (κ1) is 21.8. The number of rotatable bonds is 7. The summed E-state index contributed by atoms with van der Waals surface area (Å²) in [5.41, 5.74) is 8.07. The van der Waals surface area contributed by atoms with Crippen molar-refractivity contribution in [3.8, 4) is 11.3 Å². The highest BCUT2D eigenvalue weighted by Crippen LogP contribution is 2.23. The van der Waals surface area contributed by atoms with Crippen molar-refractivity contribution in [3.63, 3.8) is 0 Å². The summed E-state index contributed by atoms with van der Waals surface area (Å²) in [7, 11) is 0. The van der Waals surface area contributed by atoms with Crippen molar-refractivity contribution in [1.82, 2.24) is 9.97 Å². The van der Waals surface area contributed by atoms with Crippen molar-refractivity contribution in [2.24, 2.45) is 5.73 Å². The number of hydrogen-bond donors (Lipinski definition) is 3. The third kappa shape index (κ3) is 5.24. The number of aromatic nitrogens is 2. The minimum absolute atomic E-state index is 0.0753. The zero-order chi connectivity index (χ0) is 23.4. The van der Waals surface area contributed by atoms with Crippen molar-refractivity contribution in [1.29, 1.82) is 0 Å². The van der Waals surface area contributed by atoms with Crippen LogP contribution in [0.5, 0.6) is 0 Å². The molecule has 2 heterocycles. The van der Waals surface area contributed by atoms with Gasteiger partial charge in [-0.05, 0) is 48.9 Å². The average molecular weight is 442 g/mol. The highest BCUT2D eigenvalue weighted by atomic mass is 16.3. The molecule has 0 aliphatic heterocycles. The molecule has 0 aliphatic carbocycles. The van der Waals surface area contributed by atoms with Crippen molar-refractivity contribution in [3.05, 3.63) is 105 Å². The van der Waals surface area contributed by atoms with Crippen molar-refractivity contribution >= 4 is 17.5 Å². The standard InChI is InChI=1S/C25H22N4O4/c1-15-19(25(32)29-22(27-15)13-16-5-3-2-4-6-16)14-23(30)28-18-9-7-17(8-10-18)20-11-12-21(33-20)24(26)31/h2-12H,13-14H2,1H3,(H2,26,31)(H,28,30)(H,27,29,32). The Bertz CT molecular complexity index is 1360. The summed E-state index contributed by atoms with van der Waals surface area (Å²) in [6, 6.07) is 19.8. The van der Waals surface area contributed by atoms with Crippen molar-refractivity contribution in [2.45, 2.75) is 19.8 Å². The number of carbonyl (C=O) groups is 2. The number of aromatic amines is 1. The number of furan rings is 1. The lowest BCUT2D eigenvalue weighted by Gasteiger charge is -2.09. The van der Waals surface area contributed by atoms with Crippen molar-refractivity contribution in [2.75, 3.05) is 5.32 Å². The average Bonchev–Trinajstić information content (AvgIpc) is 3.28. The molecule has 0 bridgehead atoms. The highest BCUT2D eigenvalue weighted by molar-refractivity contribution is 5.93. The Morgan fingerprint density at radius 3 is 2.39 bits per heavy atom. The van der Waals surface area contributed by atoms with Crippen LogP contribution in [0, 0.1) is 6.92 Å². The van der Waals surface area contributed by atoms with Gasteiger partial charge in [-0.1, -0.05) is 30.3 Å². The van der Waals surface area contributed by atoms with Crippen LogP contribution in [0.1, 0.15) is 33.2 Å². The minimum Gasteiger partial charge on any atom is -0.451 e. The number of hydrogen-bond acceptors (Lipinski definition) is 5. The van der Waals surface area contributed by atoms with Crippen LogP contribution >= 0.6 is 0 Å². The molecule has 0 fully saturated rings. The molecule has 0 saturated heterocycles. The van der Waals surface area contributed by atoms with E-state index in [1.165, 1.54) is 6.07 Å². The molecule has 8 heteroatoms. The Hall–Kier alpha value is -4.46. The fourth-order valence-corrected chi connectivity index (χ4v) is 3.46. The maximum absolute atomic E-state index is 12.6. The van der Waals surface area contributed by atoms with E-state index in [9.17, 15) is 14.4 Å². The second-order valence-electron chi connectivity index (χ2n) is 7.57. The minimum atomic E-state index is -0.641. The molecule has 0 spiro atoms. The number of aryl methyl sites for hydroxylation is 1. The van der Waals surface area contributed by atoms with E-state index in [1.54, 1.807) is 37.3 Å². The van der Waals surface area contributed by atoms with Crippen LogP contribution in [-0.4, -0.2) is 21.8 Å². The molecule has 166 valence electrons. The van der Waals surface area contributed by atoms with Crippen LogP contribution in [0.3, 0.4) is 0 Å². The molecule has 2 aromatic carbocycles. The van der Waals surface area contributed by atoms with Gasteiger partial charge in [0, 0.05) is 28.9 Å². The Morgan fingerprint density at radius 1 is 1.03 bits per heavy atom. The number of benzene rings is 2. The molecule has 0 radical (unpaired) electrons. The predicted molar refractivity (Wildman–Crippen MR) is 124 cm³/mol. The molecule has 4 aromatic rings. The fraction of sp³-hybridized carbons (Fsp3) is 0.120. The normalized spacial score (nSPS) is 10.7. The third-order valence-electron chi connectivity index (χ3n) is 5.13. The number of nitrogens with two attached hydrogens (primary N) is 1. The number of nitrogens with one attached hydrogen (secondary N) is 2. The van der Waals surface area contributed by atoms with E-state index in [2.05, 4.69) is 15.3 Å². The lowest BCUT2D eigenvalue weighted by atomic mass is 10.1. The predicted octanol–water partition coefficient (Wildman–Crippen LogP) is 3.21. The summed E-state index contributed by atoms with van der Waals surface area (Å²) in [5, 5.41) is 2.78. The Morgan fingerprint density at radius 2 is 1.76 bits per heavy atom. The highest BCUT2D eigenvalue weighted by Gasteiger charge is 2.14. The molecular weight excluding hydrogens is 420 g/mol. The summed E-state index contributed by atoms with van der Waals surface area (Å²) < 4.78 is 5.40. The zero-order valence-corrected chi connectivity index (χ0v) is 17.9. The van der Waals surface area contributed by atoms with Crippen LogP contribution in [0.15, 0.2) is 75.9 Å². The van der Waals surface area contributed by atoms with Gasteiger partial charge in [0.25, 0.3) is 11.5 Å². The van der Waals surface area contributed by atoms with Crippen LogP contribution in [0.4, 0.5) is 5.69 Å². The summed E-state index contributed by atoms with van der Waals surface area (Å²) in [6.45, 7) is 1.73. The number of primary amides is 1. The molecule has 8 nitrogen and oxygen atoms in total. The molecule has 2 aromatic heterocycles. The molecular formula is C25H22N4O4. The smallest absolute Gasteiger partial charge is 0.284 e.